The maximum absolute atomic E-state index is 13.0. The van der Waals surface area contributed by atoms with Crippen molar-refractivity contribution in [3.8, 4) is 0 Å². The molecule has 1 atom stereocenters. The standard InChI is InChI=1S/C18H22FN3O3/c1-13(23)9-11-21(2)18(25)20-16-4-3-10-22(17(16)24)12-14-5-7-15(19)8-6-14/h3-8,10,13,23H,9,11-12H2,1-2H3,(H,20,25). The number of urea groups is 1. The van der Waals surface area contributed by atoms with Crippen LogP contribution < -0.4 is 10.9 Å². The molecule has 1 aromatic carbocycles. The molecule has 2 amide bonds. The van der Waals surface area contributed by atoms with Gasteiger partial charge in [-0.05, 0) is 43.2 Å². The van der Waals surface area contributed by atoms with Crippen LogP contribution in [0.1, 0.15) is 18.9 Å². The Balaban J connectivity index is 2.08. The van der Waals surface area contributed by atoms with Crippen LogP contribution in [0.2, 0.25) is 0 Å². The number of aliphatic hydroxyl groups excluding tert-OH is 1. The number of rotatable bonds is 6. The van der Waals surface area contributed by atoms with Crippen LogP contribution in [-0.4, -0.2) is 40.3 Å². The topological polar surface area (TPSA) is 74.6 Å². The number of halogens is 1. The van der Waals surface area contributed by atoms with Crippen LogP contribution in [0, 0.1) is 5.82 Å². The van der Waals surface area contributed by atoms with Crippen molar-refractivity contribution in [2.24, 2.45) is 0 Å². The molecule has 2 aromatic rings. The molecule has 2 rings (SSSR count). The SMILES string of the molecule is CC(O)CCN(C)C(=O)Nc1cccn(Cc2ccc(F)cc2)c1=O. The van der Waals surface area contributed by atoms with E-state index >= 15 is 0 Å². The van der Waals surface area contributed by atoms with Gasteiger partial charge in [0.15, 0.2) is 0 Å². The molecule has 0 saturated heterocycles. The van der Waals surface area contributed by atoms with Gasteiger partial charge in [-0.25, -0.2) is 9.18 Å². The lowest BCUT2D eigenvalue weighted by Crippen LogP contribution is -2.35. The van der Waals surface area contributed by atoms with Gasteiger partial charge < -0.3 is 19.9 Å². The molecule has 1 aromatic heterocycles. The molecule has 2 N–H and O–H groups in total. The Bertz CT molecular complexity index is 772. The zero-order valence-electron chi connectivity index (χ0n) is 14.3. The molecule has 7 heteroatoms. The first-order chi connectivity index (χ1) is 11.9. The van der Waals surface area contributed by atoms with E-state index in [1.807, 2.05) is 0 Å². The first-order valence-electron chi connectivity index (χ1n) is 8.01. The molecule has 0 aliphatic heterocycles. The molecule has 1 heterocycles. The minimum atomic E-state index is -0.500. The van der Waals surface area contributed by atoms with Gasteiger partial charge in [0, 0.05) is 19.8 Å². The van der Waals surface area contributed by atoms with Crippen LogP contribution >= 0.6 is 0 Å². The quantitative estimate of drug-likeness (QED) is 0.842. The smallest absolute Gasteiger partial charge is 0.321 e. The summed E-state index contributed by atoms with van der Waals surface area (Å²) in [5.74, 6) is -0.336. The molecule has 25 heavy (non-hydrogen) atoms. The molecule has 0 aliphatic rings. The molecular formula is C18H22FN3O3. The largest absolute Gasteiger partial charge is 0.393 e. The Morgan fingerprint density at radius 1 is 1.32 bits per heavy atom. The second-order valence-corrected chi connectivity index (χ2v) is 5.97. The summed E-state index contributed by atoms with van der Waals surface area (Å²) in [5, 5.41) is 11.9. The van der Waals surface area contributed by atoms with Crippen LogP contribution in [0.15, 0.2) is 47.4 Å². The van der Waals surface area contributed by atoms with Gasteiger partial charge in [0.1, 0.15) is 11.5 Å². The lowest BCUT2D eigenvalue weighted by Gasteiger charge is -2.18. The van der Waals surface area contributed by atoms with Crippen LogP contribution in [0.4, 0.5) is 14.9 Å². The average Bonchev–Trinajstić information content (AvgIpc) is 2.58. The van der Waals surface area contributed by atoms with Gasteiger partial charge >= 0.3 is 6.03 Å². The minimum absolute atomic E-state index is 0.165. The molecule has 0 spiro atoms. The van der Waals surface area contributed by atoms with E-state index in [4.69, 9.17) is 0 Å². The van der Waals surface area contributed by atoms with E-state index in [1.54, 1.807) is 38.4 Å². The van der Waals surface area contributed by atoms with E-state index in [2.05, 4.69) is 5.32 Å². The average molecular weight is 347 g/mol. The molecule has 0 bridgehead atoms. The van der Waals surface area contributed by atoms with Crippen LogP contribution in [0.3, 0.4) is 0 Å². The van der Waals surface area contributed by atoms with E-state index in [9.17, 15) is 19.1 Å². The maximum atomic E-state index is 13.0. The van der Waals surface area contributed by atoms with Crippen molar-refractivity contribution >= 4 is 11.7 Å². The lowest BCUT2D eigenvalue weighted by molar-refractivity contribution is 0.167. The fraction of sp³-hybridized carbons (Fsp3) is 0.333. The Labute approximate surface area is 145 Å². The predicted octanol–water partition coefficient (Wildman–Crippen LogP) is 2.27. The number of aliphatic hydroxyl groups is 1. The maximum Gasteiger partial charge on any atom is 0.321 e. The van der Waals surface area contributed by atoms with Crippen molar-refractivity contribution in [2.45, 2.75) is 26.0 Å². The highest BCUT2D eigenvalue weighted by Gasteiger charge is 2.12. The molecule has 6 nitrogen and oxygen atoms in total. The number of benzene rings is 1. The van der Waals surface area contributed by atoms with E-state index in [-0.39, 0.29) is 23.6 Å². The number of pyridine rings is 1. The van der Waals surface area contributed by atoms with E-state index < -0.39 is 12.1 Å². The summed E-state index contributed by atoms with van der Waals surface area (Å²) in [7, 11) is 1.59. The van der Waals surface area contributed by atoms with Gasteiger partial charge in [-0.1, -0.05) is 12.1 Å². The summed E-state index contributed by atoms with van der Waals surface area (Å²) >= 11 is 0. The first kappa shape index (κ1) is 18.7. The van der Waals surface area contributed by atoms with Crippen LogP contribution in [0.25, 0.3) is 0 Å². The molecule has 0 saturated carbocycles. The third kappa shape index (κ3) is 5.42. The lowest BCUT2D eigenvalue weighted by atomic mass is 10.2. The van der Waals surface area contributed by atoms with Gasteiger partial charge in [-0.3, -0.25) is 4.79 Å². The third-order valence-corrected chi connectivity index (χ3v) is 3.76. The number of aromatic nitrogens is 1. The van der Waals surface area contributed by atoms with Crippen LogP contribution in [-0.2, 0) is 6.54 Å². The van der Waals surface area contributed by atoms with Crippen molar-refractivity contribution in [1.82, 2.24) is 9.47 Å². The highest BCUT2D eigenvalue weighted by atomic mass is 19.1. The zero-order chi connectivity index (χ0) is 18.4. The van der Waals surface area contributed by atoms with Gasteiger partial charge in [0.05, 0.1) is 12.6 Å². The summed E-state index contributed by atoms with van der Waals surface area (Å²) in [6.07, 6.45) is 1.56. The number of anilines is 1. The van der Waals surface area contributed by atoms with E-state index in [0.717, 1.165) is 5.56 Å². The number of nitrogens with zero attached hydrogens (tertiary/aromatic N) is 2. The highest BCUT2D eigenvalue weighted by molar-refractivity contribution is 5.88. The zero-order valence-corrected chi connectivity index (χ0v) is 14.3. The second-order valence-electron chi connectivity index (χ2n) is 5.97. The molecule has 0 fully saturated rings. The second kappa shape index (κ2) is 8.43. The Hall–Kier alpha value is -2.67. The van der Waals surface area contributed by atoms with E-state index in [1.165, 1.54) is 27.7 Å². The molecule has 134 valence electrons. The Kier molecular flexibility index (Phi) is 6.30. The molecule has 0 aliphatic carbocycles. The normalized spacial score (nSPS) is 11.8. The monoisotopic (exact) mass is 347 g/mol. The predicted molar refractivity (Wildman–Crippen MR) is 94.2 cm³/mol. The van der Waals surface area contributed by atoms with Crippen molar-refractivity contribution in [2.75, 3.05) is 18.9 Å². The summed E-state index contributed by atoms with van der Waals surface area (Å²) in [4.78, 5) is 26.0. The number of hydrogen-bond donors (Lipinski definition) is 2. The van der Waals surface area contributed by atoms with Crippen molar-refractivity contribution in [1.29, 1.82) is 0 Å². The Morgan fingerprint density at radius 3 is 2.64 bits per heavy atom. The van der Waals surface area contributed by atoms with Gasteiger partial charge in [0.25, 0.3) is 5.56 Å². The van der Waals surface area contributed by atoms with Gasteiger partial charge in [0.2, 0.25) is 0 Å². The number of amides is 2. The summed E-state index contributed by atoms with van der Waals surface area (Å²) in [5.41, 5.74) is 0.601. The van der Waals surface area contributed by atoms with Gasteiger partial charge in [-0.2, -0.15) is 0 Å². The summed E-state index contributed by atoms with van der Waals surface area (Å²) < 4.78 is 14.4. The highest BCUT2D eigenvalue weighted by Crippen LogP contribution is 2.06. The van der Waals surface area contributed by atoms with Crippen LogP contribution in [0.5, 0.6) is 0 Å². The Morgan fingerprint density at radius 2 is 2.00 bits per heavy atom. The third-order valence-electron chi connectivity index (χ3n) is 3.76. The fourth-order valence-corrected chi connectivity index (χ4v) is 2.24. The van der Waals surface area contributed by atoms with Gasteiger partial charge in [-0.15, -0.1) is 0 Å². The molecule has 1 unspecified atom stereocenters. The number of carbonyl (C=O) groups excluding carboxylic acids is 1. The molecular weight excluding hydrogens is 325 g/mol. The number of carbonyl (C=O) groups is 1. The number of hydrogen-bond acceptors (Lipinski definition) is 3. The minimum Gasteiger partial charge on any atom is -0.393 e. The number of nitrogens with one attached hydrogen (secondary N) is 1. The van der Waals surface area contributed by atoms with Crippen molar-refractivity contribution in [3.05, 3.63) is 64.3 Å². The fourth-order valence-electron chi connectivity index (χ4n) is 2.24. The summed E-state index contributed by atoms with van der Waals surface area (Å²) in [6.45, 7) is 2.30. The van der Waals surface area contributed by atoms with Crippen molar-refractivity contribution < 1.29 is 14.3 Å². The first-order valence-corrected chi connectivity index (χ1v) is 8.01. The van der Waals surface area contributed by atoms with Crippen molar-refractivity contribution in [3.63, 3.8) is 0 Å². The van der Waals surface area contributed by atoms with E-state index in [0.29, 0.717) is 13.0 Å². The summed E-state index contributed by atoms with van der Waals surface area (Å²) in [6, 6.07) is 8.66. The molecule has 0 radical (unpaired) electrons.